The number of aromatic nitrogens is 2. The van der Waals surface area contributed by atoms with Crippen LogP contribution in [-0.4, -0.2) is 26.9 Å². The van der Waals surface area contributed by atoms with Crippen LogP contribution in [0.5, 0.6) is 0 Å². The SMILES string of the molecule is CC(CNc1ccnc(Nc2ccc(S(N)=O)cc2)n1)c1ccccc1.CC(F)(F)F. The van der Waals surface area contributed by atoms with Gasteiger partial charge in [0.05, 0.1) is 4.90 Å². The van der Waals surface area contributed by atoms with E-state index in [0.29, 0.717) is 16.8 Å². The molecule has 4 N–H and O–H groups in total. The van der Waals surface area contributed by atoms with Crippen LogP contribution >= 0.6 is 0 Å². The van der Waals surface area contributed by atoms with Gasteiger partial charge >= 0.3 is 6.18 Å². The van der Waals surface area contributed by atoms with Gasteiger partial charge in [-0.2, -0.15) is 18.2 Å². The molecule has 0 aliphatic carbocycles. The Morgan fingerprint density at radius 1 is 1.06 bits per heavy atom. The first-order valence-electron chi connectivity index (χ1n) is 9.33. The Balaban J connectivity index is 0.000000614. The van der Waals surface area contributed by atoms with Crippen LogP contribution in [0.1, 0.15) is 25.3 Å². The fourth-order valence-corrected chi connectivity index (χ4v) is 2.88. The third-order valence-corrected chi connectivity index (χ3v) is 4.69. The lowest BCUT2D eigenvalue weighted by Crippen LogP contribution is -2.11. The summed E-state index contributed by atoms with van der Waals surface area (Å²) in [4.78, 5) is 9.27. The van der Waals surface area contributed by atoms with Gasteiger partial charge in [-0.3, -0.25) is 0 Å². The van der Waals surface area contributed by atoms with Crippen molar-refractivity contribution in [3.8, 4) is 0 Å². The third-order valence-electron chi connectivity index (χ3n) is 3.96. The standard InChI is InChI=1S/C19H21N5OS.C2H3F3/c1-14(15-5-3-2-4-6-15)13-22-18-11-12-21-19(24-18)23-16-7-9-17(10-8-16)26(20)25;1-2(3,4)5/h2-12,14H,13,20H2,1H3,(H2,21,22,23,24);1H3. The first-order valence-corrected chi connectivity index (χ1v) is 10.5. The van der Waals surface area contributed by atoms with E-state index < -0.39 is 17.2 Å². The van der Waals surface area contributed by atoms with Gasteiger partial charge in [-0.05, 0) is 41.8 Å². The molecule has 2 atom stereocenters. The van der Waals surface area contributed by atoms with Crippen molar-refractivity contribution in [2.45, 2.75) is 30.8 Å². The first kappa shape index (κ1) is 24.3. The van der Waals surface area contributed by atoms with Gasteiger partial charge < -0.3 is 10.6 Å². The molecule has 0 amide bonds. The highest BCUT2D eigenvalue weighted by Crippen LogP contribution is 2.18. The Morgan fingerprint density at radius 2 is 1.68 bits per heavy atom. The topological polar surface area (TPSA) is 92.9 Å². The Morgan fingerprint density at radius 3 is 2.26 bits per heavy atom. The summed E-state index contributed by atoms with van der Waals surface area (Å²) >= 11 is 0. The highest BCUT2D eigenvalue weighted by atomic mass is 32.2. The van der Waals surface area contributed by atoms with Gasteiger partial charge in [-0.1, -0.05) is 37.3 Å². The zero-order valence-electron chi connectivity index (χ0n) is 17.1. The number of nitrogens with one attached hydrogen (secondary N) is 2. The van der Waals surface area contributed by atoms with Crippen molar-refractivity contribution < 1.29 is 17.4 Å². The minimum absolute atomic E-state index is 0.188. The second-order valence-electron chi connectivity index (χ2n) is 6.69. The van der Waals surface area contributed by atoms with Crippen LogP contribution in [0.15, 0.2) is 71.8 Å². The Kier molecular flexibility index (Phi) is 8.95. The van der Waals surface area contributed by atoms with Crippen molar-refractivity contribution in [3.05, 3.63) is 72.4 Å². The van der Waals surface area contributed by atoms with Crippen molar-refractivity contribution in [1.82, 2.24) is 9.97 Å². The number of rotatable bonds is 7. The number of benzene rings is 2. The molecule has 166 valence electrons. The van der Waals surface area contributed by atoms with E-state index in [-0.39, 0.29) is 6.92 Å². The van der Waals surface area contributed by atoms with Gasteiger partial charge in [0.25, 0.3) is 0 Å². The molecule has 10 heteroatoms. The Hall–Kier alpha value is -2.98. The molecule has 0 saturated carbocycles. The van der Waals surface area contributed by atoms with Crippen molar-refractivity contribution in [1.29, 1.82) is 0 Å². The molecular weight excluding hydrogens is 427 g/mol. The number of nitrogens with two attached hydrogens (primary N) is 1. The van der Waals surface area contributed by atoms with E-state index in [4.69, 9.17) is 5.14 Å². The molecule has 0 aliphatic heterocycles. The summed E-state index contributed by atoms with van der Waals surface area (Å²) in [6, 6.07) is 19.2. The molecule has 6 nitrogen and oxygen atoms in total. The van der Waals surface area contributed by atoms with Crippen molar-refractivity contribution in [2.24, 2.45) is 5.14 Å². The maximum absolute atomic E-state index is 11.2. The van der Waals surface area contributed by atoms with Crippen molar-refractivity contribution in [2.75, 3.05) is 17.2 Å². The molecular formula is C21H24F3N5OS. The van der Waals surface area contributed by atoms with Gasteiger partial charge in [0.1, 0.15) is 16.8 Å². The summed E-state index contributed by atoms with van der Waals surface area (Å²) in [5, 5.41) is 11.8. The molecule has 0 spiro atoms. The van der Waals surface area contributed by atoms with Crippen LogP contribution in [0.25, 0.3) is 0 Å². The average molecular weight is 452 g/mol. The molecule has 0 aliphatic rings. The maximum atomic E-state index is 11.2. The second kappa shape index (κ2) is 11.4. The summed E-state index contributed by atoms with van der Waals surface area (Å²) in [6.45, 7) is 3.14. The molecule has 0 saturated heterocycles. The molecule has 0 fully saturated rings. The van der Waals surface area contributed by atoms with E-state index in [0.717, 1.165) is 18.1 Å². The summed E-state index contributed by atoms with van der Waals surface area (Å²) in [6.07, 6.45) is -2.30. The van der Waals surface area contributed by atoms with Gasteiger partial charge in [0, 0.05) is 25.4 Å². The minimum Gasteiger partial charge on any atom is -0.369 e. The van der Waals surface area contributed by atoms with Gasteiger partial charge in [-0.25, -0.2) is 14.3 Å². The molecule has 3 rings (SSSR count). The smallest absolute Gasteiger partial charge is 0.369 e. The van der Waals surface area contributed by atoms with E-state index in [1.165, 1.54) is 5.56 Å². The molecule has 0 bridgehead atoms. The van der Waals surface area contributed by atoms with Crippen LogP contribution in [0.3, 0.4) is 0 Å². The van der Waals surface area contributed by atoms with Crippen LogP contribution in [-0.2, 0) is 11.0 Å². The van der Waals surface area contributed by atoms with Gasteiger partial charge in [-0.15, -0.1) is 0 Å². The summed E-state index contributed by atoms with van der Waals surface area (Å²) in [7, 11) is -1.48. The van der Waals surface area contributed by atoms with E-state index in [2.05, 4.69) is 39.7 Å². The predicted octanol–water partition coefficient (Wildman–Crippen LogP) is 4.99. The van der Waals surface area contributed by atoms with Crippen LogP contribution < -0.4 is 15.8 Å². The predicted molar refractivity (Wildman–Crippen MR) is 117 cm³/mol. The fraction of sp³-hybridized carbons (Fsp3) is 0.238. The highest BCUT2D eigenvalue weighted by molar-refractivity contribution is 7.82. The molecule has 2 unspecified atom stereocenters. The largest absolute Gasteiger partial charge is 0.386 e. The molecule has 1 aromatic heterocycles. The minimum atomic E-state index is -4.00. The van der Waals surface area contributed by atoms with E-state index in [1.54, 1.807) is 30.5 Å². The Bertz CT molecular complexity index is 963. The van der Waals surface area contributed by atoms with Crippen LogP contribution in [0.4, 0.5) is 30.6 Å². The average Bonchev–Trinajstić information content (AvgIpc) is 2.72. The quantitative estimate of drug-likeness (QED) is 0.471. The number of hydrogen-bond acceptors (Lipinski definition) is 5. The van der Waals surface area contributed by atoms with E-state index >= 15 is 0 Å². The van der Waals surface area contributed by atoms with Crippen molar-refractivity contribution >= 4 is 28.4 Å². The number of alkyl halides is 3. The number of hydrogen-bond donors (Lipinski definition) is 3. The maximum Gasteiger partial charge on any atom is 0.386 e. The fourth-order valence-electron chi connectivity index (χ4n) is 2.48. The monoisotopic (exact) mass is 451 g/mol. The van der Waals surface area contributed by atoms with Gasteiger partial charge in [0.2, 0.25) is 5.95 Å². The Labute approximate surface area is 181 Å². The highest BCUT2D eigenvalue weighted by Gasteiger charge is 2.15. The van der Waals surface area contributed by atoms with Crippen LogP contribution in [0, 0.1) is 0 Å². The molecule has 0 radical (unpaired) electrons. The van der Waals surface area contributed by atoms with Crippen LogP contribution in [0.2, 0.25) is 0 Å². The lowest BCUT2D eigenvalue weighted by Gasteiger charge is -2.14. The lowest BCUT2D eigenvalue weighted by atomic mass is 10.0. The second-order valence-corrected chi connectivity index (χ2v) is 7.75. The molecule has 31 heavy (non-hydrogen) atoms. The number of halogens is 3. The number of anilines is 3. The van der Waals surface area contributed by atoms with Crippen molar-refractivity contribution in [3.63, 3.8) is 0 Å². The molecule has 3 aromatic rings. The van der Waals surface area contributed by atoms with E-state index in [9.17, 15) is 17.4 Å². The summed E-state index contributed by atoms with van der Waals surface area (Å²) in [5.74, 6) is 1.61. The normalized spacial score (nSPS) is 12.8. The third kappa shape index (κ3) is 9.58. The lowest BCUT2D eigenvalue weighted by molar-refractivity contribution is -0.110. The molecule has 2 aromatic carbocycles. The summed E-state index contributed by atoms with van der Waals surface area (Å²) in [5.41, 5.74) is 2.08. The van der Waals surface area contributed by atoms with Gasteiger partial charge in [0.15, 0.2) is 0 Å². The number of nitrogens with zero attached hydrogens (tertiary/aromatic N) is 2. The van der Waals surface area contributed by atoms with E-state index in [1.807, 2.05) is 24.3 Å². The first-order chi connectivity index (χ1) is 14.6. The zero-order valence-corrected chi connectivity index (χ0v) is 17.9. The molecule has 1 heterocycles. The summed E-state index contributed by atoms with van der Waals surface area (Å²) < 4.78 is 42.3. The zero-order chi connectivity index (χ0) is 22.9.